The van der Waals surface area contributed by atoms with E-state index in [1.807, 2.05) is 12.1 Å². The molecule has 1 heterocycles. The fraction of sp³-hybridized carbons (Fsp3) is 0.588. The maximum absolute atomic E-state index is 12.7. The Morgan fingerprint density at radius 2 is 1.78 bits per heavy atom. The fourth-order valence-electron chi connectivity index (χ4n) is 2.75. The molecule has 0 aliphatic carbocycles. The third kappa shape index (κ3) is 4.31. The van der Waals surface area contributed by atoms with Crippen molar-refractivity contribution in [3.63, 3.8) is 0 Å². The van der Waals surface area contributed by atoms with E-state index in [9.17, 15) is 8.42 Å². The van der Waals surface area contributed by atoms with E-state index in [1.54, 1.807) is 16.4 Å². The van der Waals surface area contributed by atoms with Crippen molar-refractivity contribution in [3.05, 3.63) is 29.8 Å². The standard InChI is InChI=1S/C17H25N3O2S/c1-3-15(2)16-5-7-17(8-6-16)23(21,22)20-13-11-19(12-14-20)10-4-9-18/h5-8,15H,3-4,10-14H2,1-2H3/t15-/m1/s1. The van der Waals surface area contributed by atoms with Crippen molar-refractivity contribution in [2.45, 2.75) is 37.5 Å². The number of rotatable bonds is 6. The summed E-state index contributed by atoms with van der Waals surface area (Å²) in [6.07, 6.45) is 1.53. The molecule has 1 aliphatic rings. The van der Waals surface area contributed by atoms with Crippen LogP contribution in [0.1, 0.15) is 38.2 Å². The maximum Gasteiger partial charge on any atom is 0.243 e. The molecule has 5 nitrogen and oxygen atoms in total. The average Bonchev–Trinajstić information content (AvgIpc) is 2.59. The summed E-state index contributed by atoms with van der Waals surface area (Å²) in [6, 6.07) is 9.41. The minimum atomic E-state index is -3.41. The Bertz CT molecular complexity index is 641. The normalized spacial score (nSPS) is 18.5. The van der Waals surface area contributed by atoms with Gasteiger partial charge in [0.15, 0.2) is 0 Å². The van der Waals surface area contributed by atoms with Crippen LogP contribution in [0.3, 0.4) is 0 Å². The molecule has 0 unspecified atom stereocenters. The molecule has 0 N–H and O–H groups in total. The lowest BCUT2D eigenvalue weighted by Gasteiger charge is -2.33. The van der Waals surface area contributed by atoms with Crippen LogP contribution in [0, 0.1) is 11.3 Å². The van der Waals surface area contributed by atoms with Gasteiger partial charge in [0.05, 0.1) is 11.0 Å². The van der Waals surface area contributed by atoms with Gasteiger partial charge in [-0.1, -0.05) is 26.0 Å². The van der Waals surface area contributed by atoms with Crippen LogP contribution in [0.2, 0.25) is 0 Å². The van der Waals surface area contributed by atoms with Crippen LogP contribution in [0.5, 0.6) is 0 Å². The summed E-state index contributed by atoms with van der Waals surface area (Å²) < 4.78 is 27.0. The van der Waals surface area contributed by atoms with Gasteiger partial charge >= 0.3 is 0 Å². The van der Waals surface area contributed by atoms with Gasteiger partial charge in [0.1, 0.15) is 0 Å². The molecule has 1 aliphatic heterocycles. The lowest BCUT2D eigenvalue weighted by Crippen LogP contribution is -2.48. The van der Waals surface area contributed by atoms with Crippen molar-refractivity contribution in [3.8, 4) is 6.07 Å². The van der Waals surface area contributed by atoms with Crippen molar-refractivity contribution in [1.82, 2.24) is 9.21 Å². The minimum absolute atomic E-state index is 0.370. The third-order valence-electron chi connectivity index (χ3n) is 4.57. The Hall–Kier alpha value is -1.42. The van der Waals surface area contributed by atoms with Gasteiger partial charge in [-0.05, 0) is 30.0 Å². The second-order valence-corrected chi connectivity index (χ2v) is 7.97. The number of sulfonamides is 1. The van der Waals surface area contributed by atoms with E-state index >= 15 is 0 Å². The zero-order chi connectivity index (χ0) is 16.9. The van der Waals surface area contributed by atoms with Gasteiger partial charge < -0.3 is 0 Å². The molecule has 1 fully saturated rings. The first kappa shape index (κ1) is 17.9. The van der Waals surface area contributed by atoms with Crippen LogP contribution < -0.4 is 0 Å². The van der Waals surface area contributed by atoms with Crippen molar-refractivity contribution < 1.29 is 8.42 Å². The van der Waals surface area contributed by atoms with Gasteiger partial charge in [0, 0.05) is 39.1 Å². The second kappa shape index (κ2) is 7.91. The molecule has 2 rings (SSSR count). The Labute approximate surface area is 139 Å². The van der Waals surface area contributed by atoms with Crippen molar-refractivity contribution in [2.24, 2.45) is 0 Å². The number of benzene rings is 1. The summed E-state index contributed by atoms with van der Waals surface area (Å²) in [5.41, 5.74) is 1.17. The predicted molar refractivity (Wildman–Crippen MR) is 90.6 cm³/mol. The number of nitriles is 1. The Morgan fingerprint density at radius 3 is 2.30 bits per heavy atom. The summed E-state index contributed by atoms with van der Waals surface area (Å²) in [6.45, 7) is 7.33. The number of piperazine rings is 1. The Balaban J connectivity index is 2.03. The molecule has 0 amide bonds. The molecule has 0 saturated carbocycles. The molecule has 0 spiro atoms. The molecule has 1 atom stereocenters. The highest BCUT2D eigenvalue weighted by atomic mass is 32.2. The van der Waals surface area contributed by atoms with E-state index in [1.165, 1.54) is 5.56 Å². The SMILES string of the molecule is CC[C@@H](C)c1ccc(S(=O)(=O)N2CCN(CCC#N)CC2)cc1. The fourth-order valence-corrected chi connectivity index (χ4v) is 4.18. The highest BCUT2D eigenvalue weighted by molar-refractivity contribution is 7.89. The van der Waals surface area contributed by atoms with Crippen molar-refractivity contribution in [1.29, 1.82) is 5.26 Å². The molecule has 0 radical (unpaired) electrons. The average molecular weight is 335 g/mol. The van der Waals surface area contributed by atoms with E-state index in [4.69, 9.17) is 5.26 Å². The van der Waals surface area contributed by atoms with Crippen LogP contribution in [0.15, 0.2) is 29.2 Å². The van der Waals surface area contributed by atoms with Gasteiger partial charge in [-0.25, -0.2) is 8.42 Å². The molecule has 6 heteroatoms. The molecule has 23 heavy (non-hydrogen) atoms. The zero-order valence-electron chi connectivity index (χ0n) is 13.9. The largest absolute Gasteiger partial charge is 0.300 e. The third-order valence-corrected chi connectivity index (χ3v) is 6.48. The lowest BCUT2D eigenvalue weighted by molar-refractivity contribution is 0.191. The molecular weight excluding hydrogens is 310 g/mol. The summed E-state index contributed by atoms with van der Waals surface area (Å²) >= 11 is 0. The number of nitrogens with zero attached hydrogens (tertiary/aromatic N) is 3. The number of hydrogen-bond donors (Lipinski definition) is 0. The molecule has 0 bridgehead atoms. The first-order chi connectivity index (χ1) is 11.0. The summed E-state index contributed by atoms with van der Waals surface area (Å²) in [5, 5.41) is 8.62. The highest BCUT2D eigenvalue weighted by Gasteiger charge is 2.28. The van der Waals surface area contributed by atoms with E-state index in [2.05, 4.69) is 24.8 Å². The molecule has 0 aromatic heterocycles. The van der Waals surface area contributed by atoms with Crippen LogP contribution in [0.25, 0.3) is 0 Å². The highest BCUT2D eigenvalue weighted by Crippen LogP contribution is 2.23. The van der Waals surface area contributed by atoms with Gasteiger partial charge in [-0.2, -0.15) is 9.57 Å². The van der Waals surface area contributed by atoms with Gasteiger partial charge in [0.25, 0.3) is 0 Å². The van der Waals surface area contributed by atoms with Crippen LogP contribution >= 0.6 is 0 Å². The van der Waals surface area contributed by atoms with Crippen LogP contribution in [-0.2, 0) is 10.0 Å². The van der Waals surface area contributed by atoms with Crippen LogP contribution in [-0.4, -0.2) is 50.3 Å². The number of hydrogen-bond acceptors (Lipinski definition) is 4. The summed E-state index contributed by atoms with van der Waals surface area (Å²) in [4.78, 5) is 2.51. The molecule has 1 saturated heterocycles. The monoisotopic (exact) mass is 335 g/mol. The first-order valence-corrected chi connectivity index (χ1v) is 9.62. The minimum Gasteiger partial charge on any atom is -0.300 e. The lowest BCUT2D eigenvalue weighted by atomic mass is 9.99. The zero-order valence-corrected chi connectivity index (χ0v) is 14.7. The van der Waals surface area contributed by atoms with E-state index in [-0.39, 0.29) is 0 Å². The van der Waals surface area contributed by atoms with Crippen molar-refractivity contribution in [2.75, 3.05) is 32.7 Å². The predicted octanol–water partition coefficient (Wildman–Crippen LogP) is 2.42. The topological polar surface area (TPSA) is 64.4 Å². The van der Waals surface area contributed by atoms with Gasteiger partial charge in [-0.3, -0.25) is 4.90 Å². The van der Waals surface area contributed by atoms with E-state index in [0.717, 1.165) is 6.42 Å². The van der Waals surface area contributed by atoms with E-state index < -0.39 is 10.0 Å². The maximum atomic E-state index is 12.7. The summed E-state index contributed by atoms with van der Waals surface area (Å²) in [7, 11) is -3.41. The van der Waals surface area contributed by atoms with E-state index in [0.29, 0.717) is 50.0 Å². The van der Waals surface area contributed by atoms with Gasteiger partial charge in [-0.15, -0.1) is 0 Å². The van der Waals surface area contributed by atoms with Crippen molar-refractivity contribution >= 4 is 10.0 Å². The first-order valence-electron chi connectivity index (χ1n) is 8.18. The second-order valence-electron chi connectivity index (χ2n) is 6.03. The van der Waals surface area contributed by atoms with Gasteiger partial charge in [0.2, 0.25) is 10.0 Å². The molecule has 1 aromatic rings. The molecule has 126 valence electrons. The molecular formula is C17H25N3O2S. The van der Waals surface area contributed by atoms with Crippen LogP contribution in [0.4, 0.5) is 0 Å². The Kier molecular flexibility index (Phi) is 6.17. The Morgan fingerprint density at radius 1 is 1.17 bits per heavy atom. The quantitative estimate of drug-likeness (QED) is 0.801. The summed E-state index contributed by atoms with van der Waals surface area (Å²) in [5.74, 6) is 0.440. The smallest absolute Gasteiger partial charge is 0.243 e. The molecule has 1 aromatic carbocycles.